The van der Waals surface area contributed by atoms with Gasteiger partial charge >= 0.3 is 0 Å². The minimum atomic E-state index is -0.482. The summed E-state index contributed by atoms with van der Waals surface area (Å²) in [5, 5.41) is 20.8. The number of nitrogens with one attached hydrogen (secondary N) is 2. The van der Waals surface area contributed by atoms with Crippen LogP contribution in [0.2, 0.25) is 0 Å². The molecule has 0 aliphatic rings. The van der Waals surface area contributed by atoms with Gasteiger partial charge in [-0.05, 0) is 75.8 Å². The molecule has 0 aliphatic heterocycles. The molecule has 1 atom stereocenters. The highest BCUT2D eigenvalue weighted by molar-refractivity contribution is 5.94. The predicted molar refractivity (Wildman–Crippen MR) is 116 cm³/mol. The van der Waals surface area contributed by atoms with Gasteiger partial charge < -0.3 is 5.32 Å². The van der Waals surface area contributed by atoms with Crippen molar-refractivity contribution in [2.45, 2.75) is 25.8 Å². The van der Waals surface area contributed by atoms with Crippen LogP contribution in [0.15, 0.2) is 54.6 Å². The van der Waals surface area contributed by atoms with E-state index in [-0.39, 0.29) is 23.5 Å². The number of nitrogens with zero attached hydrogens (tertiary/aromatic N) is 3. The molecule has 3 aromatic rings. The van der Waals surface area contributed by atoms with Crippen LogP contribution in [-0.4, -0.2) is 45.6 Å². The van der Waals surface area contributed by atoms with Gasteiger partial charge in [0.2, 0.25) is 5.91 Å². The number of aromatic amines is 1. The number of carbonyl (C=O) groups excluding carboxylic acids is 1. The van der Waals surface area contributed by atoms with E-state index in [1.165, 1.54) is 36.4 Å². The third-order valence-corrected chi connectivity index (χ3v) is 5.11. The van der Waals surface area contributed by atoms with Gasteiger partial charge in [0.1, 0.15) is 5.82 Å². The first kappa shape index (κ1) is 22.1. The van der Waals surface area contributed by atoms with Crippen LogP contribution in [0, 0.1) is 15.9 Å². The maximum Gasteiger partial charge on any atom is 0.269 e. The molecule has 162 valence electrons. The summed E-state index contributed by atoms with van der Waals surface area (Å²) in [7, 11) is 1.87. The predicted octanol–water partition coefficient (Wildman–Crippen LogP) is 4.02. The van der Waals surface area contributed by atoms with Crippen LogP contribution in [0.3, 0.4) is 0 Å². The standard InChI is InChI=1S/C22H24FN5O3/c1-15(22(29)24-18-9-11-20(12-10-18)28(30)31)27(2)13-3-4-19-14-21(26-25-19)16-5-7-17(23)8-6-16/h5-12,14-15H,3-4,13H2,1-2H3,(H,24,29)(H,25,26). The maximum absolute atomic E-state index is 13.1. The third kappa shape index (κ3) is 5.95. The number of H-pyrrole nitrogens is 1. The van der Waals surface area contributed by atoms with Crippen molar-refractivity contribution in [3.8, 4) is 11.3 Å². The summed E-state index contributed by atoms with van der Waals surface area (Å²) in [6, 6.07) is 13.5. The second-order valence-corrected chi connectivity index (χ2v) is 7.34. The minimum Gasteiger partial charge on any atom is -0.325 e. The lowest BCUT2D eigenvalue weighted by atomic mass is 10.1. The Kier molecular flexibility index (Phi) is 7.09. The molecular formula is C22H24FN5O3. The van der Waals surface area contributed by atoms with E-state index in [0.29, 0.717) is 12.2 Å². The first-order valence-electron chi connectivity index (χ1n) is 9.89. The molecular weight excluding hydrogens is 401 g/mol. The second kappa shape index (κ2) is 9.94. The Morgan fingerprint density at radius 3 is 2.55 bits per heavy atom. The molecule has 0 saturated heterocycles. The normalized spacial score (nSPS) is 12.0. The van der Waals surface area contributed by atoms with E-state index in [2.05, 4.69) is 15.5 Å². The summed E-state index contributed by atoms with van der Waals surface area (Å²) in [4.78, 5) is 24.6. The van der Waals surface area contributed by atoms with E-state index in [1.54, 1.807) is 12.1 Å². The Morgan fingerprint density at radius 1 is 1.23 bits per heavy atom. The van der Waals surface area contributed by atoms with Gasteiger partial charge in [-0.25, -0.2) is 4.39 Å². The van der Waals surface area contributed by atoms with Crippen molar-refractivity contribution in [1.82, 2.24) is 15.1 Å². The fraction of sp³-hybridized carbons (Fsp3) is 0.273. The van der Waals surface area contributed by atoms with E-state index < -0.39 is 4.92 Å². The number of non-ortho nitro benzene ring substituents is 1. The average molecular weight is 425 g/mol. The summed E-state index contributed by atoms with van der Waals surface area (Å²) < 4.78 is 13.1. The molecule has 2 aromatic carbocycles. The maximum atomic E-state index is 13.1. The average Bonchev–Trinajstić information content (AvgIpc) is 3.22. The number of rotatable bonds is 9. The Morgan fingerprint density at radius 2 is 1.90 bits per heavy atom. The van der Waals surface area contributed by atoms with Gasteiger partial charge in [-0.3, -0.25) is 24.9 Å². The lowest BCUT2D eigenvalue weighted by Gasteiger charge is -2.23. The van der Waals surface area contributed by atoms with E-state index in [1.807, 2.05) is 24.9 Å². The number of benzene rings is 2. The summed E-state index contributed by atoms with van der Waals surface area (Å²) in [5.41, 5.74) is 3.07. The first-order chi connectivity index (χ1) is 14.8. The van der Waals surface area contributed by atoms with Crippen LogP contribution in [0.5, 0.6) is 0 Å². The van der Waals surface area contributed by atoms with Crippen LogP contribution in [0.1, 0.15) is 19.0 Å². The van der Waals surface area contributed by atoms with Crippen LogP contribution >= 0.6 is 0 Å². The quantitative estimate of drug-likeness (QED) is 0.398. The van der Waals surface area contributed by atoms with Crippen molar-refractivity contribution in [2.75, 3.05) is 18.9 Å². The number of amides is 1. The molecule has 1 aromatic heterocycles. The molecule has 0 aliphatic carbocycles. The molecule has 0 radical (unpaired) electrons. The van der Waals surface area contributed by atoms with Gasteiger partial charge in [-0.2, -0.15) is 5.10 Å². The lowest BCUT2D eigenvalue weighted by molar-refractivity contribution is -0.384. The van der Waals surface area contributed by atoms with Gasteiger partial charge in [0, 0.05) is 29.1 Å². The Bertz CT molecular complexity index is 1030. The molecule has 0 fully saturated rings. The number of nitro groups is 1. The van der Waals surface area contributed by atoms with E-state index >= 15 is 0 Å². The van der Waals surface area contributed by atoms with E-state index in [9.17, 15) is 19.3 Å². The van der Waals surface area contributed by atoms with Gasteiger partial charge in [0.15, 0.2) is 0 Å². The monoisotopic (exact) mass is 425 g/mol. The zero-order valence-electron chi connectivity index (χ0n) is 17.3. The summed E-state index contributed by atoms with van der Waals surface area (Å²) in [6.45, 7) is 2.50. The van der Waals surface area contributed by atoms with Crippen molar-refractivity contribution in [3.05, 3.63) is 76.2 Å². The number of likely N-dealkylation sites (N-methyl/N-ethyl adjacent to an activating group) is 1. The smallest absolute Gasteiger partial charge is 0.269 e. The van der Waals surface area contributed by atoms with Gasteiger partial charge in [-0.1, -0.05) is 0 Å². The number of carbonyl (C=O) groups is 1. The molecule has 3 rings (SSSR count). The molecule has 8 nitrogen and oxygen atoms in total. The first-order valence-corrected chi connectivity index (χ1v) is 9.89. The summed E-state index contributed by atoms with van der Waals surface area (Å²) in [5.74, 6) is -0.467. The summed E-state index contributed by atoms with van der Waals surface area (Å²) >= 11 is 0. The molecule has 2 N–H and O–H groups in total. The van der Waals surface area contributed by atoms with E-state index in [4.69, 9.17) is 0 Å². The van der Waals surface area contributed by atoms with Crippen molar-refractivity contribution in [3.63, 3.8) is 0 Å². The zero-order valence-corrected chi connectivity index (χ0v) is 17.3. The fourth-order valence-electron chi connectivity index (χ4n) is 3.08. The van der Waals surface area contributed by atoms with Crippen molar-refractivity contribution < 1.29 is 14.1 Å². The van der Waals surface area contributed by atoms with Crippen LogP contribution < -0.4 is 5.32 Å². The molecule has 31 heavy (non-hydrogen) atoms. The van der Waals surface area contributed by atoms with Crippen molar-refractivity contribution >= 4 is 17.3 Å². The third-order valence-electron chi connectivity index (χ3n) is 5.11. The fourth-order valence-corrected chi connectivity index (χ4v) is 3.08. The highest BCUT2D eigenvalue weighted by Gasteiger charge is 2.18. The van der Waals surface area contributed by atoms with Gasteiger partial charge in [0.05, 0.1) is 16.7 Å². The molecule has 0 spiro atoms. The number of hydrogen-bond acceptors (Lipinski definition) is 5. The SMILES string of the molecule is CC(C(=O)Nc1ccc([N+](=O)[O-])cc1)N(C)CCCc1cc(-c2ccc(F)cc2)n[nH]1. The Hall–Kier alpha value is -3.59. The van der Waals surface area contributed by atoms with Crippen LogP contribution in [0.25, 0.3) is 11.3 Å². The number of aryl methyl sites for hydroxylation is 1. The number of aromatic nitrogens is 2. The number of anilines is 1. The van der Waals surface area contributed by atoms with Crippen molar-refractivity contribution in [1.29, 1.82) is 0 Å². The molecule has 1 heterocycles. The van der Waals surface area contributed by atoms with Gasteiger partial charge in [0.25, 0.3) is 5.69 Å². The van der Waals surface area contributed by atoms with Crippen molar-refractivity contribution in [2.24, 2.45) is 0 Å². The minimum absolute atomic E-state index is 0.0236. The van der Waals surface area contributed by atoms with Crippen LogP contribution in [0.4, 0.5) is 15.8 Å². The van der Waals surface area contributed by atoms with Crippen LogP contribution in [-0.2, 0) is 11.2 Å². The highest BCUT2D eigenvalue weighted by atomic mass is 19.1. The largest absolute Gasteiger partial charge is 0.325 e. The topological polar surface area (TPSA) is 104 Å². The Labute approximate surface area is 179 Å². The number of hydrogen-bond donors (Lipinski definition) is 2. The molecule has 1 unspecified atom stereocenters. The van der Waals surface area contributed by atoms with Gasteiger partial charge in [-0.15, -0.1) is 0 Å². The molecule has 0 bridgehead atoms. The number of halogens is 1. The lowest BCUT2D eigenvalue weighted by Crippen LogP contribution is -2.40. The second-order valence-electron chi connectivity index (χ2n) is 7.34. The number of nitro benzene ring substituents is 1. The highest BCUT2D eigenvalue weighted by Crippen LogP contribution is 2.19. The Balaban J connectivity index is 1.46. The molecule has 0 saturated carbocycles. The zero-order chi connectivity index (χ0) is 22.4. The molecule has 1 amide bonds. The van der Waals surface area contributed by atoms with E-state index in [0.717, 1.165) is 29.8 Å². The molecule has 9 heteroatoms. The summed E-state index contributed by atoms with van der Waals surface area (Å²) in [6.07, 6.45) is 1.58.